The zero-order valence-electron chi connectivity index (χ0n) is 12.0. The van der Waals surface area contributed by atoms with Crippen LogP contribution in [0.2, 0.25) is 0 Å². The molecule has 0 bridgehead atoms. The van der Waals surface area contributed by atoms with Crippen LogP contribution in [0.1, 0.15) is 21.5 Å². The zero-order chi connectivity index (χ0) is 15.1. The minimum atomic E-state index is -0.111. The van der Waals surface area contributed by atoms with Crippen molar-refractivity contribution in [2.45, 2.75) is 13.0 Å². The smallest absolute Gasteiger partial charge is 0.251 e. The van der Waals surface area contributed by atoms with Crippen LogP contribution in [0.4, 0.5) is 0 Å². The molecule has 108 valence electrons. The number of nitrogens with zero attached hydrogens (tertiary/aromatic N) is 1. The van der Waals surface area contributed by atoms with Gasteiger partial charge in [0.25, 0.3) is 5.91 Å². The summed E-state index contributed by atoms with van der Waals surface area (Å²) in [5.74, 6) is 0.653. The third kappa shape index (κ3) is 3.92. The molecular weight excluding hydrogens is 264 g/mol. The van der Waals surface area contributed by atoms with Crippen LogP contribution >= 0.6 is 0 Å². The number of pyridine rings is 1. The minimum absolute atomic E-state index is 0.111. The van der Waals surface area contributed by atoms with E-state index in [4.69, 9.17) is 4.74 Å². The van der Waals surface area contributed by atoms with Gasteiger partial charge in [-0.15, -0.1) is 6.58 Å². The van der Waals surface area contributed by atoms with Gasteiger partial charge in [-0.05, 0) is 47.9 Å². The van der Waals surface area contributed by atoms with E-state index >= 15 is 0 Å². The van der Waals surface area contributed by atoms with Gasteiger partial charge >= 0.3 is 0 Å². The molecule has 2 aromatic rings. The van der Waals surface area contributed by atoms with E-state index in [-0.39, 0.29) is 5.91 Å². The molecule has 0 saturated heterocycles. The number of hydrogen-bond acceptors (Lipinski definition) is 3. The second-order valence-corrected chi connectivity index (χ2v) is 4.56. The highest BCUT2D eigenvalue weighted by atomic mass is 16.5. The van der Waals surface area contributed by atoms with Gasteiger partial charge in [-0.1, -0.05) is 6.08 Å². The van der Waals surface area contributed by atoms with Crippen LogP contribution in [0.5, 0.6) is 5.75 Å². The second kappa shape index (κ2) is 7.24. The molecule has 21 heavy (non-hydrogen) atoms. The summed E-state index contributed by atoms with van der Waals surface area (Å²) in [7, 11) is 1.62. The highest BCUT2D eigenvalue weighted by Crippen LogP contribution is 2.20. The van der Waals surface area contributed by atoms with Gasteiger partial charge in [0.1, 0.15) is 5.75 Å². The summed E-state index contributed by atoms with van der Waals surface area (Å²) in [6, 6.07) is 9.14. The fraction of sp³-hybridized carbons (Fsp3) is 0.176. The van der Waals surface area contributed by atoms with Crippen LogP contribution in [0.25, 0.3) is 0 Å². The summed E-state index contributed by atoms with van der Waals surface area (Å²) in [5.41, 5.74) is 2.57. The number of carbonyl (C=O) groups is 1. The average Bonchev–Trinajstić information content (AvgIpc) is 2.54. The molecule has 0 spiro atoms. The van der Waals surface area contributed by atoms with Crippen LogP contribution in [-0.4, -0.2) is 18.0 Å². The molecule has 0 unspecified atom stereocenters. The first-order valence-electron chi connectivity index (χ1n) is 6.69. The Balaban J connectivity index is 2.08. The Bertz CT molecular complexity index is 624. The summed E-state index contributed by atoms with van der Waals surface area (Å²) in [4.78, 5) is 16.1. The predicted molar refractivity (Wildman–Crippen MR) is 82.3 cm³/mol. The summed E-state index contributed by atoms with van der Waals surface area (Å²) in [6.45, 7) is 4.20. The molecule has 4 heteroatoms. The number of rotatable bonds is 6. The molecule has 1 aromatic carbocycles. The number of allylic oxidation sites excluding steroid dienone is 1. The SMILES string of the molecule is C=CCc1cc(C(=O)NCc2ccncc2)ccc1OC. The third-order valence-corrected chi connectivity index (χ3v) is 3.11. The maximum absolute atomic E-state index is 12.2. The van der Waals surface area contributed by atoms with Gasteiger partial charge in [-0.2, -0.15) is 0 Å². The van der Waals surface area contributed by atoms with Crippen molar-refractivity contribution in [3.8, 4) is 5.75 Å². The normalized spacial score (nSPS) is 9.95. The molecule has 0 aliphatic carbocycles. The van der Waals surface area contributed by atoms with Crippen molar-refractivity contribution >= 4 is 5.91 Å². The van der Waals surface area contributed by atoms with E-state index in [2.05, 4.69) is 16.9 Å². The molecular formula is C17H18N2O2. The first-order chi connectivity index (χ1) is 10.2. The Morgan fingerprint density at radius 3 is 2.76 bits per heavy atom. The average molecular weight is 282 g/mol. The standard InChI is InChI=1S/C17H18N2O2/c1-3-4-14-11-15(5-6-16(14)21-2)17(20)19-12-13-7-9-18-10-8-13/h3,5-11H,1,4,12H2,2H3,(H,19,20). The van der Waals surface area contributed by atoms with Gasteiger partial charge in [-0.3, -0.25) is 9.78 Å². The molecule has 0 aliphatic rings. The van der Waals surface area contributed by atoms with E-state index in [0.717, 1.165) is 16.9 Å². The Labute approximate surface area is 124 Å². The zero-order valence-corrected chi connectivity index (χ0v) is 12.0. The lowest BCUT2D eigenvalue weighted by Crippen LogP contribution is -2.22. The van der Waals surface area contributed by atoms with Crippen molar-refractivity contribution < 1.29 is 9.53 Å². The van der Waals surface area contributed by atoms with E-state index in [1.165, 1.54) is 0 Å². The number of carbonyl (C=O) groups excluding carboxylic acids is 1. The molecule has 0 radical (unpaired) electrons. The third-order valence-electron chi connectivity index (χ3n) is 3.11. The van der Waals surface area contributed by atoms with Crippen molar-refractivity contribution in [3.05, 3.63) is 72.1 Å². The lowest BCUT2D eigenvalue weighted by atomic mass is 10.1. The first kappa shape index (κ1) is 14.8. The maximum Gasteiger partial charge on any atom is 0.251 e. The Morgan fingerprint density at radius 2 is 2.10 bits per heavy atom. The van der Waals surface area contributed by atoms with E-state index < -0.39 is 0 Å². The molecule has 2 rings (SSSR count). The molecule has 0 saturated carbocycles. The van der Waals surface area contributed by atoms with Crippen molar-refractivity contribution in [3.63, 3.8) is 0 Å². The molecule has 0 aliphatic heterocycles. The maximum atomic E-state index is 12.2. The topological polar surface area (TPSA) is 51.2 Å². The van der Waals surface area contributed by atoms with Crippen LogP contribution < -0.4 is 10.1 Å². The molecule has 0 fully saturated rings. The van der Waals surface area contributed by atoms with Crippen LogP contribution in [0.3, 0.4) is 0 Å². The van der Waals surface area contributed by atoms with E-state index in [9.17, 15) is 4.79 Å². The monoisotopic (exact) mass is 282 g/mol. The number of methoxy groups -OCH3 is 1. The molecule has 0 atom stereocenters. The van der Waals surface area contributed by atoms with Gasteiger partial charge in [-0.25, -0.2) is 0 Å². The van der Waals surface area contributed by atoms with Crippen molar-refractivity contribution in [2.24, 2.45) is 0 Å². The lowest BCUT2D eigenvalue weighted by molar-refractivity contribution is 0.0951. The van der Waals surface area contributed by atoms with Gasteiger partial charge in [0.05, 0.1) is 7.11 Å². The summed E-state index contributed by atoms with van der Waals surface area (Å²) in [6.07, 6.45) is 5.86. The van der Waals surface area contributed by atoms with E-state index in [1.807, 2.05) is 18.2 Å². The highest BCUT2D eigenvalue weighted by molar-refractivity contribution is 5.94. The fourth-order valence-electron chi connectivity index (χ4n) is 2.02. The molecule has 4 nitrogen and oxygen atoms in total. The second-order valence-electron chi connectivity index (χ2n) is 4.56. The largest absolute Gasteiger partial charge is 0.496 e. The fourth-order valence-corrected chi connectivity index (χ4v) is 2.02. The summed E-state index contributed by atoms with van der Waals surface area (Å²) >= 11 is 0. The van der Waals surface area contributed by atoms with E-state index in [0.29, 0.717) is 18.5 Å². The summed E-state index contributed by atoms with van der Waals surface area (Å²) < 4.78 is 5.28. The number of ether oxygens (including phenoxy) is 1. The minimum Gasteiger partial charge on any atom is -0.496 e. The molecule has 1 amide bonds. The molecule has 1 aromatic heterocycles. The Kier molecular flexibility index (Phi) is 5.10. The highest BCUT2D eigenvalue weighted by Gasteiger charge is 2.09. The number of nitrogens with one attached hydrogen (secondary N) is 1. The van der Waals surface area contributed by atoms with Crippen LogP contribution in [-0.2, 0) is 13.0 Å². The van der Waals surface area contributed by atoms with Crippen molar-refractivity contribution in [1.82, 2.24) is 10.3 Å². The van der Waals surface area contributed by atoms with Crippen molar-refractivity contribution in [2.75, 3.05) is 7.11 Å². The van der Waals surface area contributed by atoms with Gasteiger partial charge in [0, 0.05) is 24.5 Å². The van der Waals surface area contributed by atoms with Crippen LogP contribution in [0, 0.1) is 0 Å². The van der Waals surface area contributed by atoms with Crippen molar-refractivity contribution in [1.29, 1.82) is 0 Å². The Morgan fingerprint density at radius 1 is 1.33 bits per heavy atom. The number of amides is 1. The lowest BCUT2D eigenvalue weighted by Gasteiger charge is -2.10. The van der Waals surface area contributed by atoms with Gasteiger partial charge in [0.15, 0.2) is 0 Å². The number of hydrogen-bond donors (Lipinski definition) is 1. The molecule has 1 heterocycles. The van der Waals surface area contributed by atoms with Gasteiger partial charge in [0.2, 0.25) is 0 Å². The van der Waals surface area contributed by atoms with Gasteiger partial charge < -0.3 is 10.1 Å². The number of aromatic nitrogens is 1. The van der Waals surface area contributed by atoms with Crippen LogP contribution in [0.15, 0.2) is 55.4 Å². The Hall–Kier alpha value is -2.62. The first-order valence-corrected chi connectivity index (χ1v) is 6.69. The quantitative estimate of drug-likeness (QED) is 0.829. The van der Waals surface area contributed by atoms with E-state index in [1.54, 1.807) is 37.7 Å². The molecule has 1 N–H and O–H groups in total. The summed E-state index contributed by atoms with van der Waals surface area (Å²) in [5, 5.41) is 2.89. The predicted octanol–water partition coefficient (Wildman–Crippen LogP) is 2.75. The number of benzene rings is 1.